The first-order chi connectivity index (χ1) is 12.5. The lowest BCUT2D eigenvalue weighted by Crippen LogP contribution is -2.34. The maximum Gasteiger partial charge on any atom is 0.239 e. The van der Waals surface area contributed by atoms with E-state index < -0.39 is 5.54 Å². The van der Waals surface area contributed by atoms with Crippen LogP contribution < -0.4 is 10.6 Å². The van der Waals surface area contributed by atoms with E-state index in [9.17, 15) is 4.79 Å². The van der Waals surface area contributed by atoms with E-state index in [2.05, 4.69) is 36.1 Å². The number of carbonyl (C=O) groups excluding carboxylic acids is 1. The standard InChI is InChI=1S/C20H26N4O2/c1-13(2)14-5-7-15(8-6-14)24-12-9-16(18(24)25)17-22-19(23-26-17)20(21)10-3-4-11-20/h5-8,13,16H,3-4,9-12,21H2,1-2H3. The van der Waals surface area contributed by atoms with Crippen molar-refractivity contribution >= 4 is 11.6 Å². The molecule has 1 aromatic heterocycles. The molecule has 1 aromatic carbocycles. The fourth-order valence-corrected chi connectivity index (χ4v) is 4.01. The molecule has 1 saturated heterocycles. The van der Waals surface area contributed by atoms with Crippen molar-refractivity contribution in [2.24, 2.45) is 5.73 Å². The van der Waals surface area contributed by atoms with Crippen molar-refractivity contribution in [3.05, 3.63) is 41.5 Å². The van der Waals surface area contributed by atoms with Gasteiger partial charge in [-0.3, -0.25) is 4.79 Å². The summed E-state index contributed by atoms with van der Waals surface area (Å²) < 4.78 is 5.44. The number of anilines is 1. The highest BCUT2D eigenvalue weighted by atomic mass is 16.5. The van der Waals surface area contributed by atoms with Gasteiger partial charge in [0.1, 0.15) is 5.92 Å². The molecule has 1 atom stereocenters. The maximum atomic E-state index is 12.9. The second-order valence-corrected chi connectivity index (χ2v) is 7.90. The van der Waals surface area contributed by atoms with Gasteiger partial charge in [-0.2, -0.15) is 4.98 Å². The van der Waals surface area contributed by atoms with Crippen LogP contribution in [0.5, 0.6) is 0 Å². The molecule has 138 valence electrons. The lowest BCUT2D eigenvalue weighted by atomic mass is 9.98. The Labute approximate surface area is 153 Å². The average molecular weight is 354 g/mol. The highest BCUT2D eigenvalue weighted by Crippen LogP contribution is 2.37. The molecular formula is C20H26N4O2. The number of carbonyl (C=O) groups is 1. The van der Waals surface area contributed by atoms with Crippen molar-refractivity contribution in [3.8, 4) is 0 Å². The van der Waals surface area contributed by atoms with Crippen LogP contribution in [0, 0.1) is 0 Å². The van der Waals surface area contributed by atoms with Crippen LogP contribution in [-0.4, -0.2) is 22.6 Å². The highest BCUT2D eigenvalue weighted by molar-refractivity contribution is 5.99. The zero-order valence-electron chi connectivity index (χ0n) is 15.4. The highest BCUT2D eigenvalue weighted by Gasteiger charge is 2.40. The van der Waals surface area contributed by atoms with E-state index in [1.165, 1.54) is 5.56 Å². The van der Waals surface area contributed by atoms with Gasteiger partial charge in [0.25, 0.3) is 0 Å². The van der Waals surface area contributed by atoms with Crippen molar-refractivity contribution in [2.45, 2.75) is 63.3 Å². The van der Waals surface area contributed by atoms with Gasteiger partial charge >= 0.3 is 0 Å². The first kappa shape index (κ1) is 17.2. The van der Waals surface area contributed by atoms with Crippen molar-refractivity contribution in [1.29, 1.82) is 0 Å². The van der Waals surface area contributed by atoms with Crippen LogP contribution in [-0.2, 0) is 10.3 Å². The Morgan fingerprint density at radius 1 is 1.23 bits per heavy atom. The van der Waals surface area contributed by atoms with Crippen LogP contribution in [0.15, 0.2) is 28.8 Å². The monoisotopic (exact) mass is 354 g/mol. The van der Waals surface area contributed by atoms with E-state index in [-0.39, 0.29) is 11.8 Å². The van der Waals surface area contributed by atoms with Gasteiger partial charge in [0.2, 0.25) is 11.8 Å². The molecule has 2 aliphatic rings. The molecule has 1 unspecified atom stereocenters. The van der Waals surface area contributed by atoms with Crippen LogP contribution in [0.2, 0.25) is 0 Å². The summed E-state index contributed by atoms with van der Waals surface area (Å²) in [7, 11) is 0. The van der Waals surface area contributed by atoms with Gasteiger partial charge in [-0.1, -0.05) is 44.0 Å². The fourth-order valence-electron chi connectivity index (χ4n) is 4.01. The summed E-state index contributed by atoms with van der Waals surface area (Å²) in [6, 6.07) is 8.21. The van der Waals surface area contributed by atoms with Gasteiger partial charge in [-0.15, -0.1) is 0 Å². The quantitative estimate of drug-likeness (QED) is 0.909. The predicted octanol–water partition coefficient (Wildman–Crippen LogP) is 3.44. The molecule has 1 aliphatic heterocycles. The van der Waals surface area contributed by atoms with Crippen LogP contribution in [0.4, 0.5) is 5.69 Å². The second kappa shape index (κ2) is 6.50. The smallest absolute Gasteiger partial charge is 0.239 e. The van der Waals surface area contributed by atoms with Crippen LogP contribution >= 0.6 is 0 Å². The molecule has 0 bridgehead atoms. The molecule has 1 amide bonds. The topological polar surface area (TPSA) is 85.2 Å². The van der Waals surface area contributed by atoms with Crippen LogP contribution in [0.3, 0.4) is 0 Å². The SMILES string of the molecule is CC(C)c1ccc(N2CCC(c3nc(C4(N)CCCC4)no3)C2=O)cc1. The third-order valence-corrected chi connectivity index (χ3v) is 5.76. The summed E-state index contributed by atoms with van der Waals surface area (Å²) in [5, 5.41) is 4.10. The normalized spacial score (nSPS) is 22.5. The molecule has 0 radical (unpaired) electrons. The Bertz CT molecular complexity index is 790. The molecule has 0 spiro atoms. The van der Waals surface area contributed by atoms with Crippen molar-refractivity contribution < 1.29 is 9.32 Å². The Balaban J connectivity index is 1.51. The summed E-state index contributed by atoms with van der Waals surface area (Å²) in [5.74, 6) is 1.09. The molecule has 2 heterocycles. The maximum absolute atomic E-state index is 12.9. The number of nitrogens with zero attached hydrogens (tertiary/aromatic N) is 3. The minimum absolute atomic E-state index is 0.0231. The third kappa shape index (κ3) is 2.92. The second-order valence-electron chi connectivity index (χ2n) is 7.90. The first-order valence-corrected chi connectivity index (χ1v) is 9.52. The fraction of sp³-hybridized carbons (Fsp3) is 0.550. The van der Waals surface area contributed by atoms with E-state index in [0.29, 0.717) is 30.6 Å². The molecule has 6 heteroatoms. The largest absolute Gasteiger partial charge is 0.338 e. The minimum Gasteiger partial charge on any atom is -0.338 e. The number of benzene rings is 1. The average Bonchev–Trinajstić information content (AvgIpc) is 3.35. The first-order valence-electron chi connectivity index (χ1n) is 9.52. The summed E-state index contributed by atoms with van der Waals surface area (Å²) in [4.78, 5) is 19.2. The van der Waals surface area contributed by atoms with Crippen molar-refractivity contribution in [3.63, 3.8) is 0 Å². The lowest BCUT2D eigenvalue weighted by molar-refractivity contribution is -0.118. The number of aromatic nitrogens is 2. The molecule has 1 saturated carbocycles. The minimum atomic E-state index is -0.490. The summed E-state index contributed by atoms with van der Waals surface area (Å²) in [6.07, 6.45) is 4.60. The Morgan fingerprint density at radius 2 is 1.92 bits per heavy atom. The third-order valence-electron chi connectivity index (χ3n) is 5.76. The van der Waals surface area contributed by atoms with E-state index in [1.54, 1.807) is 0 Å². The van der Waals surface area contributed by atoms with Gasteiger partial charge in [0, 0.05) is 12.2 Å². The van der Waals surface area contributed by atoms with E-state index in [1.807, 2.05) is 17.0 Å². The van der Waals surface area contributed by atoms with Crippen molar-refractivity contribution in [2.75, 3.05) is 11.4 Å². The molecule has 4 rings (SSSR count). The summed E-state index contributed by atoms with van der Waals surface area (Å²) >= 11 is 0. The van der Waals surface area contributed by atoms with E-state index in [0.717, 1.165) is 31.4 Å². The Kier molecular flexibility index (Phi) is 4.31. The molecule has 2 fully saturated rings. The van der Waals surface area contributed by atoms with Gasteiger partial charge in [0.05, 0.1) is 5.54 Å². The van der Waals surface area contributed by atoms with E-state index >= 15 is 0 Å². The lowest BCUT2D eigenvalue weighted by Gasteiger charge is -2.18. The number of hydrogen-bond donors (Lipinski definition) is 1. The molecule has 2 aromatic rings. The number of rotatable bonds is 4. The number of nitrogens with two attached hydrogens (primary N) is 1. The summed E-state index contributed by atoms with van der Waals surface area (Å²) in [6.45, 7) is 4.98. The predicted molar refractivity (Wildman–Crippen MR) is 98.9 cm³/mol. The number of hydrogen-bond acceptors (Lipinski definition) is 5. The molecule has 6 nitrogen and oxygen atoms in total. The summed E-state index contributed by atoms with van der Waals surface area (Å²) in [5.41, 5.74) is 8.10. The van der Waals surface area contributed by atoms with Crippen molar-refractivity contribution in [1.82, 2.24) is 10.1 Å². The van der Waals surface area contributed by atoms with Crippen LogP contribution in [0.1, 0.15) is 75.1 Å². The Morgan fingerprint density at radius 3 is 2.58 bits per heavy atom. The molecule has 26 heavy (non-hydrogen) atoms. The van der Waals surface area contributed by atoms with Gasteiger partial charge in [0.15, 0.2) is 5.82 Å². The zero-order chi connectivity index (χ0) is 18.3. The van der Waals surface area contributed by atoms with Gasteiger partial charge in [-0.05, 0) is 42.9 Å². The van der Waals surface area contributed by atoms with Gasteiger partial charge < -0.3 is 15.2 Å². The van der Waals surface area contributed by atoms with Gasteiger partial charge in [-0.25, -0.2) is 0 Å². The molecule has 1 aliphatic carbocycles. The van der Waals surface area contributed by atoms with Crippen LogP contribution in [0.25, 0.3) is 0 Å². The number of amides is 1. The molecule has 2 N–H and O–H groups in total. The Hall–Kier alpha value is -2.21. The van der Waals surface area contributed by atoms with E-state index in [4.69, 9.17) is 10.3 Å². The molecular weight excluding hydrogens is 328 g/mol. The zero-order valence-corrected chi connectivity index (χ0v) is 15.4.